The van der Waals surface area contributed by atoms with Crippen molar-refractivity contribution in [3.05, 3.63) is 15.6 Å². The van der Waals surface area contributed by atoms with E-state index in [2.05, 4.69) is 41.4 Å². The lowest BCUT2D eigenvalue weighted by Gasteiger charge is -2.12. The fourth-order valence-electron chi connectivity index (χ4n) is 2.99. The van der Waals surface area contributed by atoms with Gasteiger partial charge in [0.2, 0.25) is 0 Å². The number of hydrogen-bond acceptors (Lipinski definition) is 3. The second kappa shape index (κ2) is 11.2. The molecule has 0 atom stereocenters. The Hall–Kier alpha value is -0.370. The van der Waals surface area contributed by atoms with Gasteiger partial charge in [-0.25, -0.2) is 9.98 Å². The second-order valence-electron chi connectivity index (χ2n) is 6.16. The van der Waals surface area contributed by atoms with Gasteiger partial charge in [-0.3, -0.25) is 0 Å². The first-order chi connectivity index (χ1) is 10.7. The lowest BCUT2D eigenvalue weighted by molar-refractivity contribution is 0.481. The number of nitrogens with zero attached hydrogens (tertiary/aromatic N) is 2. The van der Waals surface area contributed by atoms with E-state index in [-0.39, 0.29) is 24.0 Å². The second-order valence-corrected chi connectivity index (χ2v) is 7.45. The number of hydrogen-bond donors (Lipinski definition) is 2. The van der Waals surface area contributed by atoms with Crippen LogP contribution in [0.25, 0.3) is 0 Å². The molecule has 132 valence electrons. The molecule has 6 heteroatoms. The number of guanidine groups is 1. The minimum atomic E-state index is 0. The Balaban J connectivity index is 0.00000264. The van der Waals surface area contributed by atoms with Crippen LogP contribution >= 0.6 is 35.3 Å². The van der Waals surface area contributed by atoms with E-state index in [9.17, 15) is 0 Å². The molecule has 1 saturated carbocycles. The number of aromatic nitrogens is 1. The summed E-state index contributed by atoms with van der Waals surface area (Å²) in [4.78, 5) is 10.5. The van der Waals surface area contributed by atoms with Gasteiger partial charge in [0.25, 0.3) is 0 Å². The highest BCUT2D eigenvalue weighted by Gasteiger charge is 2.14. The molecule has 1 fully saturated rings. The maximum absolute atomic E-state index is 4.65. The van der Waals surface area contributed by atoms with Crippen molar-refractivity contribution in [1.29, 1.82) is 0 Å². The first-order valence-electron chi connectivity index (χ1n) is 8.64. The fourth-order valence-corrected chi connectivity index (χ4v) is 3.85. The highest BCUT2D eigenvalue weighted by molar-refractivity contribution is 14.0. The van der Waals surface area contributed by atoms with Crippen molar-refractivity contribution in [2.24, 2.45) is 10.9 Å². The highest BCUT2D eigenvalue weighted by atomic mass is 127. The number of aliphatic imine (C=N–C) groups is 1. The van der Waals surface area contributed by atoms with Gasteiger partial charge in [-0.2, -0.15) is 0 Å². The van der Waals surface area contributed by atoms with E-state index in [4.69, 9.17) is 0 Å². The van der Waals surface area contributed by atoms with Gasteiger partial charge in [0.15, 0.2) is 5.96 Å². The highest BCUT2D eigenvalue weighted by Crippen LogP contribution is 2.28. The summed E-state index contributed by atoms with van der Waals surface area (Å²) >= 11 is 1.75. The molecule has 23 heavy (non-hydrogen) atoms. The van der Waals surface area contributed by atoms with Crippen LogP contribution in [0.15, 0.2) is 4.99 Å². The zero-order valence-electron chi connectivity index (χ0n) is 14.7. The van der Waals surface area contributed by atoms with Crippen LogP contribution in [-0.4, -0.2) is 24.0 Å². The molecule has 1 aliphatic rings. The summed E-state index contributed by atoms with van der Waals surface area (Å²) in [6, 6.07) is 0. The van der Waals surface area contributed by atoms with Crippen molar-refractivity contribution < 1.29 is 0 Å². The summed E-state index contributed by atoms with van der Waals surface area (Å²) in [5, 5.41) is 7.87. The maximum Gasteiger partial charge on any atom is 0.191 e. The third-order valence-corrected chi connectivity index (χ3v) is 5.40. The number of rotatable bonds is 7. The Morgan fingerprint density at radius 1 is 1.26 bits per heavy atom. The molecule has 0 aliphatic heterocycles. The standard InChI is InChI=1S/C17H30N4S.HI/c1-4-18-17(19-11-7-10-15-8-5-6-9-15)20-12-16-21-13(2)14(3)22-16;/h15H,4-12H2,1-3H3,(H2,18,19,20);1H. The molecule has 4 nitrogen and oxygen atoms in total. The van der Waals surface area contributed by atoms with Crippen LogP contribution in [0.3, 0.4) is 0 Å². The van der Waals surface area contributed by atoms with E-state index < -0.39 is 0 Å². The van der Waals surface area contributed by atoms with Crippen LogP contribution in [0.1, 0.15) is 61.0 Å². The number of aryl methyl sites for hydroxylation is 2. The van der Waals surface area contributed by atoms with Crippen molar-refractivity contribution in [3.63, 3.8) is 0 Å². The van der Waals surface area contributed by atoms with Gasteiger partial charge in [-0.1, -0.05) is 25.7 Å². The van der Waals surface area contributed by atoms with Crippen LogP contribution in [-0.2, 0) is 6.54 Å². The Labute approximate surface area is 162 Å². The van der Waals surface area contributed by atoms with Crippen LogP contribution in [0.4, 0.5) is 0 Å². The average molecular weight is 450 g/mol. The minimum absolute atomic E-state index is 0. The third-order valence-electron chi connectivity index (χ3n) is 4.35. The fraction of sp³-hybridized carbons (Fsp3) is 0.765. The van der Waals surface area contributed by atoms with Crippen LogP contribution in [0.5, 0.6) is 0 Å². The quantitative estimate of drug-likeness (QED) is 0.280. The molecule has 1 heterocycles. The van der Waals surface area contributed by atoms with Gasteiger partial charge in [0.1, 0.15) is 5.01 Å². The monoisotopic (exact) mass is 450 g/mol. The summed E-state index contributed by atoms with van der Waals surface area (Å²) in [5.74, 6) is 1.89. The summed E-state index contributed by atoms with van der Waals surface area (Å²) in [7, 11) is 0. The number of halogens is 1. The summed E-state index contributed by atoms with van der Waals surface area (Å²) < 4.78 is 0. The summed E-state index contributed by atoms with van der Waals surface area (Å²) in [5.41, 5.74) is 1.13. The molecule has 0 radical (unpaired) electrons. The Kier molecular flexibility index (Phi) is 10.1. The average Bonchev–Trinajstić information content (AvgIpc) is 3.11. The van der Waals surface area contributed by atoms with Crippen LogP contribution in [0, 0.1) is 19.8 Å². The molecule has 1 aromatic rings. The molecule has 2 N–H and O–H groups in total. The van der Waals surface area contributed by atoms with E-state index >= 15 is 0 Å². The SMILES string of the molecule is CCNC(=NCc1nc(C)c(C)s1)NCCCC1CCCC1.I. The van der Waals surface area contributed by atoms with E-state index in [1.807, 2.05) is 0 Å². The van der Waals surface area contributed by atoms with Crippen molar-refractivity contribution in [2.45, 2.75) is 65.8 Å². The normalized spacial score (nSPS) is 15.5. The van der Waals surface area contributed by atoms with Gasteiger partial charge >= 0.3 is 0 Å². The number of thiazole rings is 1. The Morgan fingerprint density at radius 2 is 2.00 bits per heavy atom. The van der Waals surface area contributed by atoms with Crippen LogP contribution in [0.2, 0.25) is 0 Å². The van der Waals surface area contributed by atoms with Gasteiger partial charge in [0.05, 0.1) is 12.2 Å². The first-order valence-corrected chi connectivity index (χ1v) is 9.45. The van der Waals surface area contributed by atoms with Crippen molar-refractivity contribution >= 4 is 41.3 Å². The molecule has 0 amide bonds. The van der Waals surface area contributed by atoms with Gasteiger partial charge in [-0.05, 0) is 39.5 Å². The van der Waals surface area contributed by atoms with E-state index in [0.29, 0.717) is 6.54 Å². The molecule has 0 spiro atoms. The lowest BCUT2D eigenvalue weighted by Crippen LogP contribution is -2.37. The lowest BCUT2D eigenvalue weighted by atomic mass is 10.0. The smallest absolute Gasteiger partial charge is 0.191 e. The topological polar surface area (TPSA) is 49.3 Å². The largest absolute Gasteiger partial charge is 0.357 e. The van der Waals surface area contributed by atoms with Gasteiger partial charge in [-0.15, -0.1) is 35.3 Å². The molecule has 0 saturated heterocycles. The molecule has 0 unspecified atom stereocenters. The number of nitrogens with one attached hydrogen (secondary N) is 2. The molecular weight excluding hydrogens is 419 g/mol. The van der Waals surface area contributed by atoms with Crippen molar-refractivity contribution in [1.82, 2.24) is 15.6 Å². The zero-order chi connectivity index (χ0) is 15.8. The van der Waals surface area contributed by atoms with Crippen LogP contribution < -0.4 is 10.6 Å². The predicted octanol–water partition coefficient (Wildman–Crippen LogP) is 4.40. The summed E-state index contributed by atoms with van der Waals surface area (Å²) in [6.07, 6.45) is 8.36. The zero-order valence-corrected chi connectivity index (χ0v) is 17.8. The molecule has 0 bridgehead atoms. The van der Waals surface area contributed by atoms with Gasteiger partial charge < -0.3 is 10.6 Å². The van der Waals surface area contributed by atoms with E-state index in [1.54, 1.807) is 11.3 Å². The van der Waals surface area contributed by atoms with E-state index in [1.165, 1.54) is 43.4 Å². The summed E-state index contributed by atoms with van der Waals surface area (Å²) in [6.45, 7) is 8.85. The molecule has 1 aliphatic carbocycles. The Morgan fingerprint density at radius 3 is 2.61 bits per heavy atom. The third kappa shape index (κ3) is 7.37. The first kappa shape index (κ1) is 20.7. The Bertz CT molecular complexity index is 461. The molecule has 2 rings (SSSR count). The molecular formula is C17H31IN4S. The van der Waals surface area contributed by atoms with Gasteiger partial charge in [0, 0.05) is 18.0 Å². The molecule has 0 aromatic carbocycles. The minimum Gasteiger partial charge on any atom is -0.357 e. The van der Waals surface area contributed by atoms with Crippen molar-refractivity contribution in [3.8, 4) is 0 Å². The maximum atomic E-state index is 4.65. The van der Waals surface area contributed by atoms with Crippen molar-refractivity contribution in [2.75, 3.05) is 13.1 Å². The van der Waals surface area contributed by atoms with E-state index in [0.717, 1.165) is 35.7 Å². The molecule has 1 aromatic heterocycles. The predicted molar refractivity (Wildman–Crippen MR) is 111 cm³/mol.